The first-order valence-corrected chi connectivity index (χ1v) is 18.1. The molecule has 1 N–H and O–H groups in total. The van der Waals surface area contributed by atoms with Crippen LogP contribution < -0.4 is 10.0 Å². The van der Waals surface area contributed by atoms with Crippen LogP contribution in [0.25, 0.3) is 0 Å². The normalized spacial score (nSPS) is 33.7. The Labute approximate surface area is 278 Å². The van der Waals surface area contributed by atoms with E-state index < -0.39 is 0 Å². The van der Waals surface area contributed by atoms with Gasteiger partial charge in [0.2, 0.25) is 11.6 Å². The third-order valence-corrected chi connectivity index (χ3v) is 13.8. The molecular formula is C40H60N2O4. The number of amides is 1. The standard InChI is InChI=1S/C40H60N2O4/c1-27(2)12-11-13-28(3)30-19-23-40(8)32-15-16-33-37(4,5)34(21-22-38(33,6)31(32)20-24-39(30,40)7)46-36(44)18-17-35(43)41-26-29-14-9-10-25-42(29)45/h9-10,12,14,25,28,30,33-34H,11,13,15-24,26H2,1-8H3,(H,41,43)/t28-,30-,33+,34+,38-,39-,40+/m1/s1. The predicted molar refractivity (Wildman–Crippen MR) is 183 cm³/mol. The van der Waals surface area contributed by atoms with E-state index in [1.54, 1.807) is 29.3 Å². The Balaban J connectivity index is 1.23. The van der Waals surface area contributed by atoms with Gasteiger partial charge in [-0.2, -0.15) is 4.73 Å². The van der Waals surface area contributed by atoms with Gasteiger partial charge < -0.3 is 15.3 Å². The average molecular weight is 633 g/mol. The minimum absolute atomic E-state index is 0.0483. The Morgan fingerprint density at radius 3 is 2.50 bits per heavy atom. The van der Waals surface area contributed by atoms with Gasteiger partial charge >= 0.3 is 5.97 Å². The molecule has 1 heterocycles. The fraction of sp³-hybridized carbons (Fsp3) is 0.725. The highest BCUT2D eigenvalue weighted by Crippen LogP contribution is 2.72. The van der Waals surface area contributed by atoms with Crippen LogP contribution in [0.1, 0.15) is 138 Å². The second-order valence-corrected chi connectivity index (χ2v) is 16.8. The minimum atomic E-state index is -0.303. The topological polar surface area (TPSA) is 82.3 Å². The molecule has 0 spiro atoms. The van der Waals surface area contributed by atoms with Gasteiger partial charge in [-0.25, -0.2) is 0 Å². The summed E-state index contributed by atoms with van der Waals surface area (Å²) in [6, 6.07) is 5.09. The van der Waals surface area contributed by atoms with E-state index in [0.29, 0.717) is 17.0 Å². The van der Waals surface area contributed by atoms with Crippen LogP contribution in [0.5, 0.6) is 0 Å². The van der Waals surface area contributed by atoms with E-state index in [1.165, 1.54) is 56.7 Å². The third-order valence-electron chi connectivity index (χ3n) is 13.8. The zero-order chi connectivity index (χ0) is 33.5. The van der Waals surface area contributed by atoms with Crippen molar-refractivity contribution < 1.29 is 19.1 Å². The summed E-state index contributed by atoms with van der Waals surface area (Å²) in [5, 5.41) is 14.6. The van der Waals surface area contributed by atoms with E-state index in [1.807, 2.05) is 0 Å². The van der Waals surface area contributed by atoms with Gasteiger partial charge in [0.05, 0.1) is 6.42 Å². The number of aromatic nitrogens is 1. The number of rotatable bonds is 10. The highest BCUT2D eigenvalue weighted by molar-refractivity contribution is 5.81. The van der Waals surface area contributed by atoms with Gasteiger partial charge in [0.15, 0.2) is 6.20 Å². The van der Waals surface area contributed by atoms with Crippen molar-refractivity contribution in [3.05, 3.63) is 58.1 Å². The summed E-state index contributed by atoms with van der Waals surface area (Å²) in [5.74, 6) is 1.45. The Morgan fingerprint density at radius 2 is 1.78 bits per heavy atom. The summed E-state index contributed by atoms with van der Waals surface area (Å²) < 4.78 is 6.91. The summed E-state index contributed by atoms with van der Waals surface area (Å²) in [6.45, 7) is 19.5. The Kier molecular flexibility index (Phi) is 9.89. The van der Waals surface area contributed by atoms with E-state index >= 15 is 0 Å². The van der Waals surface area contributed by atoms with Crippen LogP contribution in [0.4, 0.5) is 0 Å². The fourth-order valence-corrected chi connectivity index (χ4v) is 11.0. The molecule has 0 aliphatic heterocycles. The summed E-state index contributed by atoms with van der Waals surface area (Å²) >= 11 is 0. The van der Waals surface area contributed by atoms with Crippen molar-refractivity contribution in [3.63, 3.8) is 0 Å². The molecule has 46 heavy (non-hydrogen) atoms. The molecule has 0 saturated heterocycles. The Hall–Kier alpha value is -2.63. The Morgan fingerprint density at radius 1 is 1.02 bits per heavy atom. The molecule has 0 unspecified atom stereocenters. The number of fused-ring (bicyclic) bond motifs is 4. The molecule has 4 aliphatic rings. The van der Waals surface area contributed by atoms with Crippen LogP contribution in [0.15, 0.2) is 47.2 Å². The van der Waals surface area contributed by atoms with E-state index in [-0.39, 0.29) is 53.6 Å². The second kappa shape index (κ2) is 13.1. The maximum Gasteiger partial charge on any atom is 0.306 e. The van der Waals surface area contributed by atoms with Gasteiger partial charge in [-0.15, -0.1) is 0 Å². The molecule has 0 radical (unpaired) electrons. The fourth-order valence-electron chi connectivity index (χ4n) is 11.0. The Bertz CT molecular complexity index is 1370. The number of esters is 1. The van der Waals surface area contributed by atoms with Gasteiger partial charge in [0.1, 0.15) is 12.6 Å². The van der Waals surface area contributed by atoms with E-state index in [4.69, 9.17) is 4.74 Å². The molecule has 7 atom stereocenters. The number of allylic oxidation sites excluding steroid dienone is 4. The van der Waals surface area contributed by atoms with Crippen molar-refractivity contribution in [2.75, 3.05) is 0 Å². The van der Waals surface area contributed by atoms with Crippen LogP contribution in [0, 0.1) is 44.6 Å². The van der Waals surface area contributed by atoms with Crippen LogP contribution in [-0.4, -0.2) is 18.0 Å². The molecular weight excluding hydrogens is 572 g/mol. The van der Waals surface area contributed by atoms with Crippen molar-refractivity contribution >= 4 is 11.9 Å². The lowest BCUT2D eigenvalue weighted by Crippen LogP contribution is -2.55. The molecule has 2 saturated carbocycles. The van der Waals surface area contributed by atoms with Crippen LogP contribution in [0.2, 0.25) is 0 Å². The molecule has 254 valence electrons. The number of carbonyl (C=O) groups is 2. The average Bonchev–Trinajstić information content (AvgIpc) is 3.28. The van der Waals surface area contributed by atoms with Gasteiger partial charge in [-0.05, 0) is 118 Å². The first kappa shape index (κ1) is 34.7. The second-order valence-electron chi connectivity index (χ2n) is 16.8. The van der Waals surface area contributed by atoms with Crippen molar-refractivity contribution in [1.82, 2.24) is 5.32 Å². The molecule has 2 fully saturated rings. The molecule has 0 aromatic carbocycles. The monoisotopic (exact) mass is 632 g/mol. The molecule has 1 amide bonds. The van der Waals surface area contributed by atoms with Crippen molar-refractivity contribution in [1.29, 1.82) is 0 Å². The molecule has 4 aliphatic carbocycles. The first-order valence-electron chi connectivity index (χ1n) is 18.1. The van der Waals surface area contributed by atoms with Gasteiger partial charge in [-0.3, -0.25) is 9.59 Å². The smallest absolute Gasteiger partial charge is 0.306 e. The molecule has 5 rings (SSSR count). The summed E-state index contributed by atoms with van der Waals surface area (Å²) in [6.07, 6.45) is 15.7. The van der Waals surface area contributed by atoms with Crippen LogP contribution in [-0.2, 0) is 20.9 Å². The predicted octanol–water partition coefficient (Wildman–Crippen LogP) is 8.76. The third kappa shape index (κ3) is 6.19. The number of carbonyl (C=O) groups excluding carboxylic acids is 2. The zero-order valence-electron chi connectivity index (χ0n) is 30.0. The number of nitrogens with zero attached hydrogens (tertiary/aromatic N) is 1. The lowest BCUT2D eigenvalue weighted by atomic mass is 9.43. The molecule has 1 aromatic rings. The van der Waals surface area contributed by atoms with Gasteiger partial charge in [0, 0.05) is 24.0 Å². The van der Waals surface area contributed by atoms with E-state index in [0.717, 1.165) is 35.8 Å². The lowest BCUT2D eigenvalue weighted by Gasteiger charge is -2.62. The van der Waals surface area contributed by atoms with Gasteiger partial charge in [0.25, 0.3) is 0 Å². The number of hydrogen-bond donors (Lipinski definition) is 1. The number of ether oxygens (including phenoxy) is 1. The summed E-state index contributed by atoms with van der Waals surface area (Å²) in [7, 11) is 0. The van der Waals surface area contributed by atoms with Crippen LogP contribution in [0.3, 0.4) is 0 Å². The molecule has 0 bridgehead atoms. The largest absolute Gasteiger partial charge is 0.618 e. The van der Waals surface area contributed by atoms with E-state index in [9.17, 15) is 14.8 Å². The molecule has 1 aromatic heterocycles. The molecule has 6 heteroatoms. The summed E-state index contributed by atoms with van der Waals surface area (Å²) in [5.41, 5.74) is 6.11. The highest BCUT2D eigenvalue weighted by atomic mass is 16.5. The van der Waals surface area contributed by atoms with Crippen molar-refractivity contribution in [2.24, 2.45) is 39.4 Å². The van der Waals surface area contributed by atoms with Crippen LogP contribution >= 0.6 is 0 Å². The SMILES string of the molecule is CC(C)=CCC[C@@H](C)[C@H]1CC[C@@]2(C)C3=C(CC[C@]12C)[C@@]1(C)CC[C@H](OC(=O)CCC(=O)NCc2cccc[n+]2[O-])C(C)(C)[C@@H]1CC3. The summed E-state index contributed by atoms with van der Waals surface area (Å²) in [4.78, 5) is 25.5. The zero-order valence-corrected chi connectivity index (χ0v) is 30.0. The number of hydrogen-bond acceptors (Lipinski definition) is 4. The minimum Gasteiger partial charge on any atom is -0.618 e. The quantitative estimate of drug-likeness (QED) is 0.121. The lowest BCUT2D eigenvalue weighted by molar-refractivity contribution is -0.614. The van der Waals surface area contributed by atoms with Gasteiger partial charge in [-0.1, -0.05) is 64.3 Å². The van der Waals surface area contributed by atoms with E-state index in [2.05, 4.69) is 66.8 Å². The number of nitrogens with one attached hydrogen (secondary N) is 1. The maximum absolute atomic E-state index is 13.0. The molecule has 6 nitrogen and oxygen atoms in total. The number of pyridine rings is 1. The first-order chi connectivity index (χ1) is 21.6. The van der Waals surface area contributed by atoms with Crippen molar-refractivity contribution in [2.45, 2.75) is 145 Å². The van der Waals surface area contributed by atoms with Crippen molar-refractivity contribution in [3.8, 4) is 0 Å². The highest BCUT2D eigenvalue weighted by Gasteiger charge is 2.63. The maximum atomic E-state index is 13.0.